The third kappa shape index (κ3) is 7.14. The Kier molecular flexibility index (Phi) is 9.36. The first-order valence-corrected chi connectivity index (χ1v) is 13.0. The SMILES string of the molecule is CCOC(=O)C(C(=O)OCC)C(Nc1ccc(S(=O)(=O)Nc2cc(Cl)on2)cc1)c1ccc(OC)cc1. The number of hydrogen-bond acceptors (Lipinski definition) is 10. The van der Waals surface area contributed by atoms with Crippen LogP contribution in [0, 0.1) is 5.92 Å². The number of carbonyl (C=O) groups is 2. The van der Waals surface area contributed by atoms with Gasteiger partial charge in [0.15, 0.2) is 11.7 Å². The fourth-order valence-corrected chi connectivity index (χ4v) is 4.53. The number of nitrogens with one attached hydrogen (secondary N) is 2. The number of sulfonamides is 1. The average molecular weight is 552 g/mol. The van der Waals surface area contributed by atoms with Gasteiger partial charge in [-0.3, -0.25) is 14.3 Å². The first-order chi connectivity index (χ1) is 17.7. The smallest absolute Gasteiger partial charge is 0.322 e. The number of esters is 2. The van der Waals surface area contributed by atoms with E-state index in [1.54, 1.807) is 38.1 Å². The maximum Gasteiger partial charge on any atom is 0.322 e. The van der Waals surface area contributed by atoms with Gasteiger partial charge in [-0.1, -0.05) is 17.3 Å². The van der Waals surface area contributed by atoms with E-state index in [9.17, 15) is 18.0 Å². The molecule has 0 bridgehead atoms. The largest absolute Gasteiger partial charge is 0.497 e. The highest BCUT2D eigenvalue weighted by Gasteiger charge is 2.39. The molecule has 0 radical (unpaired) electrons. The van der Waals surface area contributed by atoms with Gasteiger partial charge in [0.25, 0.3) is 10.0 Å². The molecule has 3 rings (SSSR count). The number of ether oxygens (including phenoxy) is 3. The minimum atomic E-state index is -3.98. The van der Waals surface area contributed by atoms with Crippen LogP contribution in [0.2, 0.25) is 5.22 Å². The van der Waals surface area contributed by atoms with Crippen LogP contribution in [0.25, 0.3) is 0 Å². The lowest BCUT2D eigenvalue weighted by Gasteiger charge is -2.27. The van der Waals surface area contributed by atoms with Gasteiger partial charge in [-0.05, 0) is 67.4 Å². The second-order valence-electron chi connectivity index (χ2n) is 7.52. The molecule has 13 heteroatoms. The van der Waals surface area contributed by atoms with Crippen molar-refractivity contribution in [2.24, 2.45) is 5.92 Å². The van der Waals surface area contributed by atoms with Crippen LogP contribution in [0.15, 0.2) is 64.0 Å². The van der Waals surface area contributed by atoms with Crippen molar-refractivity contribution in [1.29, 1.82) is 0 Å². The van der Waals surface area contributed by atoms with Crippen molar-refractivity contribution in [3.63, 3.8) is 0 Å². The lowest BCUT2D eigenvalue weighted by Crippen LogP contribution is -2.36. The molecule has 2 N–H and O–H groups in total. The third-order valence-corrected chi connectivity index (χ3v) is 6.65. The first-order valence-electron chi connectivity index (χ1n) is 11.2. The molecule has 1 heterocycles. The lowest BCUT2D eigenvalue weighted by atomic mass is 9.92. The maximum atomic E-state index is 12.9. The monoisotopic (exact) mass is 551 g/mol. The Hall–Kier alpha value is -3.77. The summed E-state index contributed by atoms with van der Waals surface area (Å²) in [6.45, 7) is 3.41. The van der Waals surface area contributed by atoms with Gasteiger partial charge < -0.3 is 24.1 Å². The van der Waals surface area contributed by atoms with E-state index < -0.39 is 33.9 Å². The molecule has 1 aromatic heterocycles. The van der Waals surface area contributed by atoms with E-state index >= 15 is 0 Å². The number of anilines is 2. The summed E-state index contributed by atoms with van der Waals surface area (Å²) < 4.78 is 47.8. The number of nitrogens with zero attached hydrogens (tertiary/aromatic N) is 1. The summed E-state index contributed by atoms with van der Waals surface area (Å²) in [5.74, 6) is -2.34. The van der Waals surface area contributed by atoms with Crippen molar-refractivity contribution in [3.8, 4) is 5.75 Å². The summed E-state index contributed by atoms with van der Waals surface area (Å²) >= 11 is 5.64. The highest BCUT2D eigenvalue weighted by atomic mass is 35.5. The van der Waals surface area contributed by atoms with Gasteiger partial charge in [-0.25, -0.2) is 8.42 Å². The molecule has 0 amide bonds. The number of hydrogen-bond donors (Lipinski definition) is 2. The molecule has 1 unspecified atom stereocenters. The van der Waals surface area contributed by atoms with E-state index in [-0.39, 0.29) is 29.1 Å². The van der Waals surface area contributed by atoms with Crippen molar-refractivity contribution in [2.75, 3.05) is 30.4 Å². The van der Waals surface area contributed by atoms with Gasteiger partial charge in [0.1, 0.15) is 5.75 Å². The predicted octanol–water partition coefficient (Wildman–Crippen LogP) is 4.03. The minimum Gasteiger partial charge on any atom is -0.497 e. The van der Waals surface area contributed by atoms with E-state index in [0.29, 0.717) is 17.0 Å². The lowest BCUT2D eigenvalue weighted by molar-refractivity contribution is -0.162. The Morgan fingerprint density at radius 2 is 1.59 bits per heavy atom. The quantitative estimate of drug-likeness (QED) is 0.250. The Morgan fingerprint density at radius 1 is 1.00 bits per heavy atom. The summed E-state index contributed by atoms with van der Waals surface area (Å²) in [6, 6.07) is 12.8. The standard InChI is InChI=1S/C24H26ClN3O8S/c1-4-34-23(29)21(24(30)35-5-2)22(15-6-10-17(33-3)11-7-15)26-16-8-12-18(13-9-16)37(31,32)28-20-14-19(25)36-27-20/h6-14,21-22,26H,4-5H2,1-3H3,(H,27,28). The topological polar surface area (TPSA) is 146 Å². The fraction of sp³-hybridized carbons (Fsp3) is 0.292. The molecule has 1 atom stereocenters. The van der Waals surface area contributed by atoms with E-state index in [0.717, 1.165) is 0 Å². The molecule has 0 saturated carbocycles. The van der Waals surface area contributed by atoms with Crippen molar-refractivity contribution < 1.29 is 36.7 Å². The van der Waals surface area contributed by atoms with Crippen LogP contribution in [-0.2, 0) is 29.1 Å². The Bertz CT molecular complexity index is 1290. The molecular formula is C24H26ClN3O8S. The predicted molar refractivity (Wildman–Crippen MR) is 135 cm³/mol. The van der Waals surface area contributed by atoms with Crippen LogP contribution >= 0.6 is 11.6 Å². The molecule has 0 aliphatic heterocycles. The van der Waals surface area contributed by atoms with Crippen LogP contribution in [0.1, 0.15) is 25.5 Å². The number of rotatable bonds is 12. The molecule has 37 heavy (non-hydrogen) atoms. The summed E-state index contributed by atoms with van der Waals surface area (Å²) in [5, 5.41) is 6.58. The maximum absolute atomic E-state index is 12.9. The molecule has 11 nitrogen and oxygen atoms in total. The molecule has 198 valence electrons. The minimum absolute atomic E-state index is 0.0643. The number of halogens is 1. The van der Waals surface area contributed by atoms with Crippen molar-refractivity contribution >= 4 is 45.1 Å². The average Bonchev–Trinajstić information content (AvgIpc) is 3.28. The van der Waals surface area contributed by atoms with Crippen LogP contribution < -0.4 is 14.8 Å². The van der Waals surface area contributed by atoms with Crippen LogP contribution in [0.3, 0.4) is 0 Å². The van der Waals surface area contributed by atoms with Crippen molar-refractivity contribution in [3.05, 3.63) is 65.4 Å². The van der Waals surface area contributed by atoms with Gasteiger partial charge in [-0.15, -0.1) is 0 Å². The van der Waals surface area contributed by atoms with Gasteiger partial charge in [-0.2, -0.15) is 0 Å². The zero-order valence-corrected chi connectivity index (χ0v) is 21.8. The van der Waals surface area contributed by atoms with Gasteiger partial charge in [0.2, 0.25) is 5.22 Å². The Labute approximate surface area is 219 Å². The van der Waals surface area contributed by atoms with Gasteiger partial charge in [0.05, 0.1) is 31.3 Å². The fourth-order valence-electron chi connectivity index (χ4n) is 3.41. The summed E-state index contributed by atoms with van der Waals surface area (Å²) in [6.07, 6.45) is 0. The summed E-state index contributed by atoms with van der Waals surface area (Å²) in [4.78, 5) is 25.6. The zero-order chi connectivity index (χ0) is 27.0. The second-order valence-corrected chi connectivity index (χ2v) is 9.58. The number of carbonyl (C=O) groups excluding carboxylic acids is 2. The molecule has 0 saturated heterocycles. The van der Waals surface area contributed by atoms with Crippen LogP contribution in [0.4, 0.5) is 11.5 Å². The highest BCUT2D eigenvalue weighted by molar-refractivity contribution is 7.92. The molecule has 0 fully saturated rings. The van der Waals surface area contributed by atoms with Crippen molar-refractivity contribution in [2.45, 2.75) is 24.8 Å². The van der Waals surface area contributed by atoms with E-state index in [1.165, 1.54) is 37.4 Å². The third-order valence-electron chi connectivity index (χ3n) is 5.10. The highest BCUT2D eigenvalue weighted by Crippen LogP contribution is 2.31. The molecular weight excluding hydrogens is 526 g/mol. The zero-order valence-electron chi connectivity index (χ0n) is 20.3. The van der Waals surface area contributed by atoms with Gasteiger partial charge in [0, 0.05) is 11.8 Å². The van der Waals surface area contributed by atoms with Crippen molar-refractivity contribution in [1.82, 2.24) is 5.16 Å². The van der Waals surface area contributed by atoms with E-state index in [1.807, 2.05) is 0 Å². The summed E-state index contributed by atoms with van der Waals surface area (Å²) in [7, 11) is -2.46. The number of benzene rings is 2. The Morgan fingerprint density at radius 3 is 2.08 bits per heavy atom. The van der Waals surface area contributed by atoms with Crippen LogP contribution in [0.5, 0.6) is 5.75 Å². The van der Waals surface area contributed by atoms with E-state index in [2.05, 4.69) is 19.7 Å². The molecule has 0 aliphatic carbocycles. The van der Waals surface area contributed by atoms with Gasteiger partial charge >= 0.3 is 11.9 Å². The molecule has 0 spiro atoms. The number of aromatic nitrogens is 1. The normalized spacial score (nSPS) is 12.0. The molecule has 2 aromatic carbocycles. The van der Waals surface area contributed by atoms with E-state index in [4.69, 9.17) is 25.8 Å². The Balaban J connectivity index is 1.93. The second kappa shape index (κ2) is 12.5. The first kappa shape index (κ1) is 27.8. The molecule has 0 aliphatic rings. The summed E-state index contributed by atoms with van der Waals surface area (Å²) in [5.41, 5.74) is 1.01. The van der Waals surface area contributed by atoms with Crippen LogP contribution in [-0.4, -0.2) is 45.8 Å². The molecule has 3 aromatic rings. The number of methoxy groups -OCH3 is 1.